The van der Waals surface area contributed by atoms with Crippen molar-refractivity contribution in [3.05, 3.63) is 11.6 Å². The van der Waals surface area contributed by atoms with Gasteiger partial charge >= 0.3 is 5.97 Å². The van der Waals surface area contributed by atoms with Gasteiger partial charge in [0.15, 0.2) is 5.78 Å². The molecule has 0 unspecified atom stereocenters. The molecule has 4 heteroatoms. The fourth-order valence-corrected chi connectivity index (χ4v) is 2.60. The third kappa shape index (κ3) is 2.50. The summed E-state index contributed by atoms with van der Waals surface area (Å²) in [6.45, 7) is 0. The minimum atomic E-state index is -1.04. The molecule has 0 saturated carbocycles. The Morgan fingerprint density at radius 3 is 2.94 bits per heavy atom. The van der Waals surface area contributed by atoms with Crippen LogP contribution in [0.2, 0.25) is 0 Å². The predicted octanol–water partition coefficient (Wildman–Crippen LogP) is 1.26. The van der Waals surface area contributed by atoms with Crippen LogP contribution in [0.3, 0.4) is 0 Å². The van der Waals surface area contributed by atoms with Crippen LogP contribution >= 0.6 is 0 Å². The van der Waals surface area contributed by atoms with Crippen molar-refractivity contribution >= 4 is 11.8 Å². The normalized spacial score (nSPS) is 32.4. The molecule has 2 aliphatic heterocycles. The van der Waals surface area contributed by atoms with Crippen LogP contribution in [-0.4, -0.2) is 28.9 Å². The van der Waals surface area contributed by atoms with Gasteiger partial charge in [-0.25, -0.2) is 0 Å². The van der Waals surface area contributed by atoms with Crippen LogP contribution in [0.5, 0.6) is 0 Å². The van der Waals surface area contributed by atoms with Crippen molar-refractivity contribution in [2.45, 2.75) is 50.6 Å². The SMILES string of the molecule is O=C(O)CC(=O)/C1=C/CCC[C@@H]2CC[C@H]1N2. The molecule has 0 aromatic carbocycles. The molecule has 2 aliphatic rings. The van der Waals surface area contributed by atoms with Gasteiger partial charge in [0.25, 0.3) is 0 Å². The molecule has 88 valence electrons. The van der Waals surface area contributed by atoms with Gasteiger partial charge in [-0.1, -0.05) is 6.08 Å². The molecule has 2 N–H and O–H groups in total. The van der Waals surface area contributed by atoms with E-state index in [0.29, 0.717) is 11.6 Å². The summed E-state index contributed by atoms with van der Waals surface area (Å²) in [5.74, 6) is -1.27. The van der Waals surface area contributed by atoms with Crippen LogP contribution in [0, 0.1) is 0 Å². The third-order valence-electron chi connectivity index (χ3n) is 3.37. The Labute approximate surface area is 94.7 Å². The van der Waals surface area contributed by atoms with Crippen LogP contribution in [-0.2, 0) is 9.59 Å². The van der Waals surface area contributed by atoms with Crippen LogP contribution in [0.25, 0.3) is 0 Å². The number of allylic oxidation sites excluding steroid dienone is 1. The molecule has 0 spiro atoms. The highest BCUT2D eigenvalue weighted by molar-refractivity contribution is 6.05. The maximum Gasteiger partial charge on any atom is 0.311 e. The topological polar surface area (TPSA) is 66.4 Å². The molecule has 16 heavy (non-hydrogen) atoms. The van der Waals surface area contributed by atoms with Crippen molar-refractivity contribution in [1.82, 2.24) is 5.32 Å². The lowest BCUT2D eigenvalue weighted by Crippen LogP contribution is -2.34. The molecule has 0 aromatic heterocycles. The number of carbonyl (C=O) groups excluding carboxylic acids is 1. The van der Waals surface area contributed by atoms with Crippen molar-refractivity contribution in [1.29, 1.82) is 0 Å². The summed E-state index contributed by atoms with van der Waals surface area (Å²) in [7, 11) is 0. The van der Waals surface area contributed by atoms with E-state index >= 15 is 0 Å². The number of Topliss-reactive ketones (excluding diaryl/α,β-unsaturated/α-hetero) is 1. The molecule has 0 aliphatic carbocycles. The van der Waals surface area contributed by atoms with E-state index in [4.69, 9.17) is 5.11 Å². The van der Waals surface area contributed by atoms with Gasteiger partial charge in [0.1, 0.15) is 6.42 Å². The molecule has 4 nitrogen and oxygen atoms in total. The minimum Gasteiger partial charge on any atom is -0.481 e. The van der Waals surface area contributed by atoms with E-state index in [1.165, 1.54) is 0 Å². The van der Waals surface area contributed by atoms with Crippen molar-refractivity contribution in [2.75, 3.05) is 0 Å². The Kier molecular flexibility index (Phi) is 3.39. The van der Waals surface area contributed by atoms with Crippen LogP contribution < -0.4 is 5.32 Å². The summed E-state index contributed by atoms with van der Waals surface area (Å²) < 4.78 is 0. The van der Waals surface area contributed by atoms with Gasteiger partial charge in [0.05, 0.1) is 0 Å². The van der Waals surface area contributed by atoms with Gasteiger partial charge in [-0.15, -0.1) is 0 Å². The maximum absolute atomic E-state index is 11.8. The zero-order valence-corrected chi connectivity index (χ0v) is 9.24. The highest BCUT2D eigenvalue weighted by Crippen LogP contribution is 2.26. The van der Waals surface area contributed by atoms with Gasteiger partial charge in [-0.05, 0) is 32.1 Å². The number of carboxylic acids is 1. The highest BCUT2D eigenvalue weighted by atomic mass is 16.4. The predicted molar refractivity (Wildman–Crippen MR) is 59.1 cm³/mol. The molecular weight excluding hydrogens is 206 g/mol. The lowest BCUT2D eigenvalue weighted by Gasteiger charge is -2.19. The van der Waals surface area contributed by atoms with Crippen molar-refractivity contribution < 1.29 is 14.7 Å². The van der Waals surface area contributed by atoms with Crippen molar-refractivity contribution in [2.24, 2.45) is 0 Å². The molecular formula is C12H17NO3. The van der Waals surface area contributed by atoms with E-state index < -0.39 is 5.97 Å². The maximum atomic E-state index is 11.8. The molecule has 0 amide bonds. The summed E-state index contributed by atoms with van der Waals surface area (Å²) in [6.07, 6.45) is 6.75. The number of carbonyl (C=O) groups is 2. The van der Waals surface area contributed by atoms with Crippen molar-refractivity contribution in [3.8, 4) is 0 Å². The first-order chi connectivity index (χ1) is 7.66. The molecule has 1 saturated heterocycles. The lowest BCUT2D eigenvalue weighted by molar-refractivity contribution is -0.139. The van der Waals surface area contributed by atoms with Gasteiger partial charge in [0, 0.05) is 17.7 Å². The fourth-order valence-electron chi connectivity index (χ4n) is 2.60. The zero-order chi connectivity index (χ0) is 11.5. The first kappa shape index (κ1) is 11.3. The van der Waals surface area contributed by atoms with Gasteiger partial charge in [-0.2, -0.15) is 0 Å². The molecule has 0 radical (unpaired) electrons. The summed E-state index contributed by atoms with van der Waals surface area (Å²) in [5, 5.41) is 12.1. The Balaban J connectivity index is 2.10. The molecule has 2 bridgehead atoms. The summed E-state index contributed by atoms with van der Waals surface area (Å²) >= 11 is 0. The highest BCUT2D eigenvalue weighted by Gasteiger charge is 2.30. The minimum absolute atomic E-state index is 0.0946. The van der Waals surface area contributed by atoms with E-state index in [9.17, 15) is 9.59 Å². The van der Waals surface area contributed by atoms with Gasteiger partial charge in [0.2, 0.25) is 0 Å². The first-order valence-corrected chi connectivity index (χ1v) is 5.88. The molecule has 2 atom stereocenters. The Bertz CT molecular complexity index is 335. The van der Waals surface area contributed by atoms with E-state index in [0.717, 1.165) is 32.1 Å². The Morgan fingerprint density at radius 1 is 1.38 bits per heavy atom. The van der Waals surface area contributed by atoms with Crippen LogP contribution in [0.1, 0.15) is 38.5 Å². The second kappa shape index (κ2) is 4.78. The first-order valence-electron chi connectivity index (χ1n) is 5.88. The number of hydrogen-bond acceptors (Lipinski definition) is 3. The number of fused-ring (bicyclic) bond motifs is 2. The number of hydrogen-bond donors (Lipinski definition) is 2. The summed E-state index contributed by atoms with van der Waals surface area (Å²) in [6, 6.07) is 0.614. The van der Waals surface area contributed by atoms with Crippen LogP contribution in [0.15, 0.2) is 11.6 Å². The molecule has 1 fully saturated rings. The van der Waals surface area contributed by atoms with E-state index in [-0.39, 0.29) is 18.2 Å². The fraction of sp³-hybridized carbons (Fsp3) is 0.667. The number of carboxylic acid groups (broad SMARTS) is 1. The number of rotatable bonds is 3. The van der Waals surface area contributed by atoms with Crippen LogP contribution in [0.4, 0.5) is 0 Å². The molecule has 2 heterocycles. The van der Waals surface area contributed by atoms with Gasteiger partial charge in [-0.3, -0.25) is 9.59 Å². The number of nitrogens with one attached hydrogen (secondary N) is 1. The van der Waals surface area contributed by atoms with E-state index in [2.05, 4.69) is 5.32 Å². The quantitative estimate of drug-likeness (QED) is 0.707. The standard InChI is InChI=1S/C12H17NO3/c14-11(7-12(15)16)9-4-2-1-3-8-5-6-10(9)13-8/h4,8,10,13H,1-3,5-7H2,(H,15,16)/b9-4+/t8-,10-/m1/s1. The average molecular weight is 223 g/mol. The van der Waals surface area contributed by atoms with E-state index in [1.54, 1.807) is 0 Å². The monoisotopic (exact) mass is 223 g/mol. The smallest absolute Gasteiger partial charge is 0.311 e. The second-order valence-electron chi connectivity index (χ2n) is 4.58. The number of ketones is 1. The van der Waals surface area contributed by atoms with E-state index in [1.807, 2.05) is 6.08 Å². The molecule has 0 aromatic rings. The Morgan fingerprint density at radius 2 is 2.19 bits per heavy atom. The average Bonchev–Trinajstić information content (AvgIpc) is 2.62. The zero-order valence-electron chi connectivity index (χ0n) is 9.24. The second-order valence-corrected chi connectivity index (χ2v) is 4.58. The third-order valence-corrected chi connectivity index (χ3v) is 3.37. The Hall–Kier alpha value is -1.16. The van der Waals surface area contributed by atoms with Crippen molar-refractivity contribution in [3.63, 3.8) is 0 Å². The van der Waals surface area contributed by atoms with Gasteiger partial charge < -0.3 is 10.4 Å². The number of aliphatic carboxylic acids is 1. The lowest BCUT2D eigenvalue weighted by atomic mass is 9.97. The molecule has 2 rings (SSSR count). The summed E-state index contributed by atoms with van der Waals surface area (Å²) in [5.41, 5.74) is 0.699. The largest absolute Gasteiger partial charge is 0.481 e. The summed E-state index contributed by atoms with van der Waals surface area (Å²) in [4.78, 5) is 22.3.